The number of hydrogen-bond donors (Lipinski definition) is 1. The first kappa shape index (κ1) is 22.7. The third kappa shape index (κ3) is 6.04. The first-order chi connectivity index (χ1) is 15.6. The van der Waals surface area contributed by atoms with Gasteiger partial charge in [-0.1, -0.05) is 11.6 Å². The fraction of sp³-hybridized carbons (Fsp3) is 0.500. The number of rotatable bonds is 7. The third-order valence-corrected chi connectivity index (χ3v) is 6.68. The molecule has 3 heterocycles. The van der Waals surface area contributed by atoms with Crippen LogP contribution in [0.3, 0.4) is 0 Å². The van der Waals surface area contributed by atoms with E-state index in [1.54, 1.807) is 30.5 Å². The lowest BCUT2D eigenvalue weighted by Crippen LogP contribution is -2.50. The first-order valence-corrected chi connectivity index (χ1v) is 11.7. The van der Waals surface area contributed by atoms with Crippen LogP contribution in [-0.2, 0) is 16.1 Å². The van der Waals surface area contributed by atoms with Gasteiger partial charge in [0.2, 0.25) is 5.91 Å². The number of furan rings is 1. The summed E-state index contributed by atoms with van der Waals surface area (Å²) in [5.41, 5.74) is 0. The Labute approximate surface area is 193 Å². The van der Waals surface area contributed by atoms with E-state index in [0.29, 0.717) is 23.4 Å². The molecule has 2 aliphatic rings. The SMILES string of the molecule is O=C(NCc1ccco1)C1CCN(C2CCN(C(=O)COc3ccc(Cl)cc3)CC2)CC1. The van der Waals surface area contributed by atoms with Crippen LogP contribution < -0.4 is 10.1 Å². The number of hydrogen-bond acceptors (Lipinski definition) is 5. The quantitative estimate of drug-likeness (QED) is 0.687. The van der Waals surface area contributed by atoms with E-state index in [0.717, 1.165) is 57.6 Å². The van der Waals surface area contributed by atoms with Crippen LogP contribution in [0.4, 0.5) is 0 Å². The topological polar surface area (TPSA) is 75.0 Å². The molecular formula is C24H30ClN3O4. The van der Waals surface area contributed by atoms with Gasteiger partial charge in [0.15, 0.2) is 6.61 Å². The van der Waals surface area contributed by atoms with Gasteiger partial charge in [0.25, 0.3) is 5.91 Å². The van der Waals surface area contributed by atoms with E-state index in [4.69, 9.17) is 20.8 Å². The van der Waals surface area contributed by atoms with Crippen LogP contribution in [0.2, 0.25) is 5.02 Å². The van der Waals surface area contributed by atoms with Gasteiger partial charge in [-0.2, -0.15) is 0 Å². The lowest BCUT2D eigenvalue weighted by molar-refractivity contribution is -0.135. The van der Waals surface area contributed by atoms with Gasteiger partial charge >= 0.3 is 0 Å². The maximum atomic E-state index is 12.5. The molecule has 2 fully saturated rings. The molecule has 172 valence electrons. The van der Waals surface area contributed by atoms with Crippen molar-refractivity contribution in [3.63, 3.8) is 0 Å². The minimum atomic E-state index is 0.0188. The van der Waals surface area contributed by atoms with Crippen molar-refractivity contribution in [3.8, 4) is 5.75 Å². The van der Waals surface area contributed by atoms with Crippen LogP contribution in [0.25, 0.3) is 0 Å². The minimum Gasteiger partial charge on any atom is -0.484 e. The van der Waals surface area contributed by atoms with Crippen molar-refractivity contribution in [2.75, 3.05) is 32.8 Å². The molecule has 2 saturated heterocycles. The molecule has 2 amide bonds. The summed E-state index contributed by atoms with van der Waals surface area (Å²) in [6.45, 7) is 3.84. The highest BCUT2D eigenvalue weighted by Gasteiger charge is 2.31. The lowest BCUT2D eigenvalue weighted by atomic mass is 9.92. The highest BCUT2D eigenvalue weighted by molar-refractivity contribution is 6.30. The number of halogens is 1. The predicted octanol–water partition coefficient (Wildman–Crippen LogP) is 3.33. The summed E-state index contributed by atoms with van der Waals surface area (Å²) in [5, 5.41) is 3.62. The molecule has 0 atom stereocenters. The lowest BCUT2D eigenvalue weighted by Gasteiger charge is -2.41. The summed E-state index contributed by atoms with van der Waals surface area (Å²) in [5.74, 6) is 1.62. The summed E-state index contributed by atoms with van der Waals surface area (Å²) in [6, 6.07) is 11.2. The van der Waals surface area contributed by atoms with E-state index in [-0.39, 0.29) is 24.3 Å². The Kier molecular flexibility index (Phi) is 7.71. The molecule has 0 aliphatic carbocycles. The van der Waals surface area contributed by atoms with E-state index in [1.807, 2.05) is 17.0 Å². The molecule has 0 bridgehead atoms. The third-order valence-electron chi connectivity index (χ3n) is 6.43. The molecule has 8 heteroatoms. The Morgan fingerprint density at radius 2 is 1.75 bits per heavy atom. The van der Waals surface area contributed by atoms with Crippen LogP contribution in [0.1, 0.15) is 31.4 Å². The highest BCUT2D eigenvalue weighted by Crippen LogP contribution is 2.24. The van der Waals surface area contributed by atoms with Gasteiger partial charge in [-0.15, -0.1) is 0 Å². The van der Waals surface area contributed by atoms with Gasteiger partial charge in [-0.05, 0) is 75.2 Å². The van der Waals surface area contributed by atoms with E-state index < -0.39 is 0 Å². The van der Waals surface area contributed by atoms with E-state index in [1.165, 1.54) is 0 Å². The minimum absolute atomic E-state index is 0.0188. The van der Waals surface area contributed by atoms with Crippen LogP contribution in [0.15, 0.2) is 47.1 Å². The number of nitrogens with zero attached hydrogens (tertiary/aromatic N) is 2. The zero-order valence-corrected chi connectivity index (χ0v) is 18.9. The number of ether oxygens (including phenoxy) is 1. The highest BCUT2D eigenvalue weighted by atomic mass is 35.5. The normalized spacial score (nSPS) is 18.5. The molecule has 0 spiro atoms. The Hall–Kier alpha value is -2.51. The van der Waals surface area contributed by atoms with Crippen LogP contribution >= 0.6 is 11.6 Å². The van der Waals surface area contributed by atoms with Crippen molar-refractivity contribution in [2.24, 2.45) is 5.92 Å². The molecule has 1 aromatic heterocycles. The van der Waals surface area contributed by atoms with E-state index in [9.17, 15) is 9.59 Å². The summed E-state index contributed by atoms with van der Waals surface area (Å²) in [7, 11) is 0. The van der Waals surface area contributed by atoms with Crippen molar-refractivity contribution < 1.29 is 18.7 Å². The predicted molar refractivity (Wildman–Crippen MR) is 121 cm³/mol. The molecule has 0 saturated carbocycles. The molecule has 0 radical (unpaired) electrons. The Balaban J connectivity index is 1.14. The Morgan fingerprint density at radius 3 is 2.41 bits per heavy atom. The van der Waals surface area contributed by atoms with Crippen LogP contribution in [0.5, 0.6) is 5.75 Å². The van der Waals surface area contributed by atoms with Crippen molar-refractivity contribution in [1.29, 1.82) is 0 Å². The number of amides is 2. The van der Waals surface area contributed by atoms with Crippen LogP contribution in [0, 0.1) is 5.92 Å². The first-order valence-electron chi connectivity index (χ1n) is 11.3. The maximum Gasteiger partial charge on any atom is 0.260 e. The van der Waals surface area contributed by atoms with Crippen molar-refractivity contribution in [3.05, 3.63) is 53.4 Å². The van der Waals surface area contributed by atoms with Gasteiger partial charge in [0.05, 0.1) is 12.8 Å². The number of benzene rings is 1. The number of carbonyl (C=O) groups is 2. The second-order valence-corrected chi connectivity index (χ2v) is 8.90. The van der Waals surface area contributed by atoms with Gasteiger partial charge in [-0.3, -0.25) is 9.59 Å². The van der Waals surface area contributed by atoms with Crippen LogP contribution in [-0.4, -0.2) is 60.4 Å². The molecule has 1 N–H and O–H groups in total. The van der Waals surface area contributed by atoms with E-state index >= 15 is 0 Å². The second kappa shape index (κ2) is 10.9. The molecule has 32 heavy (non-hydrogen) atoms. The molecule has 2 aromatic rings. The molecule has 1 aromatic carbocycles. The standard InChI is InChI=1S/C24H30ClN3O4/c25-19-3-5-21(6-4-19)32-17-23(29)28-13-9-20(10-14-28)27-11-7-18(8-12-27)24(30)26-16-22-2-1-15-31-22/h1-6,15,18,20H,7-14,16-17H2,(H,26,30). The number of carbonyl (C=O) groups excluding carboxylic acids is 2. The number of piperidine rings is 2. The fourth-order valence-electron chi connectivity index (χ4n) is 4.51. The summed E-state index contributed by atoms with van der Waals surface area (Å²) >= 11 is 5.87. The van der Waals surface area contributed by atoms with Crippen molar-refractivity contribution >= 4 is 23.4 Å². The van der Waals surface area contributed by atoms with Crippen molar-refractivity contribution in [1.82, 2.24) is 15.1 Å². The Morgan fingerprint density at radius 1 is 1.03 bits per heavy atom. The number of likely N-dealkylation sites (tertiary alicyclic amines) is 2. The zero-order chi connectivity index (χ0) is 22.3. The van der Waals surface area contributed by atoms with Gasteiger partial charge in [0, 0.05) is 30.1 Å². The molecular weight excluding hydrogens is 430 g/mol. The molecule has 2 aliphatic heterocycles. The average molecular weight is 460 g/mol. The summed E-state index contributed by atoms with van der Waals surface area (Å²) in [6.07, 6.45) is 5.28. The largest absolute Gasteiger partial charge is 0.484 e. The van der Waals surface area contributed by atoms with Gasteiger partial charge in [0.1, 0.15) is 11.5 Å². The smallest absolute Gasteiger partial charge is 0.260 e. The monoisotopic (exact) mass is 459 g/mol. The fourth-order valence-corrected chi connectivity index (χ4v) is 4.63. The van der Waals surface area contributed by atoms with Gasteiger partial charge < -0.3 is 24.3 Å². The summed E-state index contributed by atoms with van der Waals surface area (Å²) < 4.78 is 10.9. The number of nitrogens with one attached hydrogen (secondary N) is 1. The van der Waals surface area contributed by atoms with E-state index in [2.05, 4.69) is 10.2 Å². The second-order valence-electron chi connectivity index (χ2n) is 8.46. The average Bonchev–Trinajstić information content (AvgIpc) is 3.36. The van der Waals surface area contributed by atoms with Crippen molar-refractivity contribution in [2.45, 2.75) is 38.3 Å². The molecule has 0 unspecified atom stereocenters. The molecule has 4 rings (SSSR count). The zero-order valence-electron chi connectivity index (χ0n) is 18.2. The summed E-state index contributed by atoms with van der Waals surface area (Å²) in [4.78, 5) is 29.3. The maximum absolute atomic E-state index is 12.5. The van der Waals surface area contributed by atoms with Gasteiger partial charge in [-0.25, -0.2) is 0 Å². The Bertz CT molecular complexity index is 871. The molecule has 7 nitrogen and oxygen atoms in total.